The molecule has 0 N–H and O–H groups in total. The lowest BCUT2D eigenvalue weighted by atomic mass is 9.73. The van der Waals surface area contributed by atoms with Crippen molar-refractivity contribution in [2.75, 3.05) is 0 Å². The lowest BCUT2D eigenvalue weighted by Crippen LogP contribution is -2.28. The number of unbranched alkanes of at least 4 members (excludes halogenated alkanes) is 1. The Labute approximate surface area is 169 Å². The molecule has 0 amide bonds. The first-order chi connectivity index (χ1) is 13.3. The van der Waals surface area contributed by atoms with E-state index in [0.717, 1.165) is 23.3 Å². The molecule has 2 heteroatoms. The molecule has 0 aromatic heterocycles. The fraction of sp³-hybridized carbons (Fsp3) is 0.720. The lowest BCUT2D eigenvalue weighted by Gasteiger charge is -2.37. The highest BCUT2D eigenvalue weighted by molar-refractivity contribution is 6.58. The molecule has 0 spiro atoms. The van der Waals surface area contributed by atoms with Crippen molar-refractivity contribution in [3.05, 3.63) is 35.4 Å². The normalized spacial score (nSPS) is 28.6. The Hall–Kier alpha value is -1.07. The van der Waals surface area contributed by atoms with Crippen molar-refractivity contribution in [3.63, 3.8) is 0 Å². The van der Waals surface area contributed by atoms with Crippen molar-refractivity contribution in [1.29, 1.82) is 5.26 Å². The van der Waals surface area contributed by atoms with Gasteiger partial charge in [-0.25, -0.2) is 0 Å². The largest absolute Gasteiger partial charge is 0.192 e. The van der Waals surface area contributed by atoms with Crippen LogP contribution < -0.4 is 0 Å². The van der Waals surface area contributed by atoms with Crippen molar-refractivity contribution < 1.29 is 0 Å². The average Bonchev–Trinajstić information content (AvgIpc) is 2.73. The number of hydrogen-bond acceptors (Lipinski definition) is 1. The van der Waals surface area contributed by atoms with Crippen LogP contribution in [0.4, 0.5) is 0 Å². The van der Waals surface area contributed by atoms with Crippen LogP contribution in [0.2, 0.25) is 18.1 Å². The number of nitriles is 1. The van der Waals surface area contributed by atoms with Crippen LogP contribution in [0.5, 0.6) is 0 Å². The molecule has 1 saturated heterocycles. The summed E-state index contributed by atoms with van der Waals surface area (Å²) in [4.78, 5) is 0. The van der Waals surface area contributed by atoms with Gasteiger partial charge >= 0.3 is 0 Å². The summed E-state index contributed by atoms with van der Waals surface area (Å²) in [6, 6.07) is 15.3. The van der Waals surface area contributed by atoms with Gasteiger partial charge in [0.25, 0.3) is 0 Å². The maximum Gasteiger partial charge on any atom is 0.0991 e. The smallest absolute Gasteiger partial charge is 0.0991 e. The topological polar surface area (TPSA) is 23.8 Å². The van der Waals surface area contributed by atoms with E-state index in [9.17, 15) is 0 Å². The van der Waals surface area contributed by atoms with Crippen LogP contribution >= 0.6 is 0 Å². The predicted octanol–water partition coefficient (Wildman–Crippen LogP) is 7.12. The summed E-state index contributed by atoms with van der Waals surface area (Å²) in [7, 11) is -0.298. The Bertz CT molecular complexity index is 571. The van der Waals surface area contributed by atoms with Gasteiger partial charge in [0.1, 0.15) is 0 Å². The summed E-state index contributed by atoms with van der Waals surface area (Å²) in [6.45, 7) is 2.38. The van der Waals surface area contributed by atoms with Gasteiger partial charge in [0.2, 0.25) is 0 Å². The fourth-order valence-electron chi connectivity index (χ4n) is 5.81. The zero-order valence-corrected chi connectivity index (χ0v) is 18.6. The molecule has 27 heavy (non-hydrogen) atoms. The second kappa shape index (κ2) is 11.1. The number of aryl methyl sites for hydroxylation is 1. The summed E-state index contributed by atoms with van der Waals surface area (Å²) in [5.74, 6) is 3.19. The van der Waals surface area contributed by atoms with E-state index in [4.69, 9.17) is 5.26 Å². The van der Waals surface area contributed by atoms with Gasteiger partial charge < -0.3 is 0 Å². The molecule has 1 aliphatic carbocycles. The van der Waals surface area contributed by atoms with Crippen molar-refractivity contribution in [3.8, 4) is 6.07 Å². The Morgan fingerprint density at radius 2 is 1.59 bits per heavy atom. The molecule has 0 unspecified atom stereocenters. The number of nitrogens with zero attached hydrogens (tertiary/aromatic N) is 1. The van der Waals surface area contributed by atoms with Gasteiger partial charge in [-0.05, 0) is 61.1 Å². The molecule has 1 aromatic carbocycles. The van der Waals surface area contributed by atoms with Crippen molar-refractivity contribution in [2.45, 2.75) is 95.7 Å². The molecule has 1 heterocycles. The van der Waals surface area contributed by atoms with Crippen LogP contribution in [0.1, 0.15) is 82.3 Å². The van der Waals surface area contributed by atoms with Gasteiger partial charge in [-0.3, -0.25) is 0 Å². The predicted molar refractivity (Wildman–Crippen MR) is 119 cm³/mol. The molecule has 0 atom stereocenters. The molecular weight excluding hydrogens is 342 g/mol. The SMILES string of the molecule is CCC[SiH]1CCC([C@H]2CC[C@H](CCCCc3ccc(C#N)cc3)CC2)CC1. The first kappa shape index (κ1) is 20.7. The minimum absolute atomic E-state index is 0.298. The van der Waals surface area contributed by atoms with E-state index in [1.54, 1.807) is 31.0 Å². The Kier molecular flexibility index (Phi) is 8.46. The molecule has 1 saturated carbocycles. The van der Waals surface area contributed by atoms with Crippen molar-refractivity contribution in [2.24, 2.45) is 17.8 Å². The third-order valence-electron chi connectivity index (χ3n) is 7.56. The number of benzene rings is 1. The highest BCUT2D eigenvalue weighted by Gasteiger charge is 2.30. The Morgan fingerprint density at radius 3 is 2.22 bits per heavy atom. The number of hydrogen-bond donors (Lipinski definition) is 0. The Balaban J connectivity index is 1.28. The van der Waals surface area contributed by atoms with Gasteiger partial charge in [0, 0.05) is 8.80 Å². The molecule has 0 bridgehead atoms. The fourth-order valence-corrected chi connectivity index (χ4v) is 9.29. The van der Waals surface area contributed by atoms with Crippen LogP contribution in [0, 0.1) is 29.1 Å². The van der Waals surface area contributed by atoms with Gasteiger partial charge in [-0.1, -0.05) is 82.1 Å². The van der Waals surface area contributed by atoms with Crippen LogP contribution in [0.15, 0.2) is 24.3 Å². The third kappa shape index (κ3) is 6.49. The molecule has 2 aliphatic rings. The maximum atomic E-state index is 8.87. The van der Waals surface area contributed by atoms with E-state index < -0.39 is 0 Å². The zero-order chi connectivity index (χ0) is 18.9. The molecule has 148 valence electrons. The van der Waals surface area contributed by atoms with E-state index in [0.29, 0.717) is 0 Å². The summed E-state index contributed by atoms with van der Waals surface area (Å²) >= 11 is 0. The van der Waals surface area contributed by atoms with E-state index >= 15 is 0 Å². The first-order valence-electron chi connectivity index (χ1n) is 11.8. The van der Waals surface area contributed by atoms with Crippen LogP contribution in [-0.4, -0.2) is 8.80 Å². The summed E-state index contributed by atoms with van der Waals surface area (Å²) in [6.07, 6.45) is 16.0. The molecule has 3 rings (SSSR count). The molecule has 2 fully saturated rings. The van der Waals surface area contributed by atoms with Gasteiger partial charge in [0.15, 0.2) is 0 Å². The van der Waals surface area contributed by atoms with E-state index in [1.165, 1.54) is 63.4 Å². The van der Waals surface area contributed by atoms with Gasteiger partial charge in [-0.2, -0.15) is 5.26 Å². The summed E-state index contributed by atoms with van der Waals surface area (Å²) in [5.41, 5.74) is 2.16. The highest BCUT2D eigenvalue weighted by Crippen LogP contribution is 2.41. The first-order valence-corrected chi connectivity index (χ1v) is 14.2. The molecule has 1 aliphatic heterocycles. The van der Waals surface area contributed by atoms with Crippen molar-refractivity contribution in [1.82, 2.24) is 0 Å². The molecule has 1 aromatic rings. The van der Waals surface area contributed by atoms with E-state index in [-0.39, 0.29) is 8.80 Å². The molecular formula is C25H39NSi. The van der Waals surface area contributed by atoms with Gasteiger partial charge in [-0.15, -0.1) is 0 Å². The minimum atomic E-state index is -0.298. The number of rotatable bonds is 8. The van der Waals surface area contributed by atoms with E-state index in [1.807, 2.05) is 12.1 Å². The Morgan fingerprint density at radius 1 is 0.926 bits per heavy atom. The summed E-state index contributed by atoms with van der Waals surface area (Å²) in [5, 5.41) is 8.87. The lowest BCUT2D eigenvalue weighted by molar-refractivity contribution is 0.184. The van der Waals surface area contributed by atoms with E-state index in [2.05, 4.69) is 25.1 Å². The average molecular weight is 382 g/mol. The highest BCUT2D eigenvalue weighted by atomic mass is 28.3. The van der Waals surface area contributed by atoms with Crippen molar-refractivity contribution >= 4 is 8.80 Å². The minimum Gasteiger partial charge on any atom is -0.192 e. The standard InChI is InChI=1S/C25H39NSi/c1-2-17-27-18-15-25(16-19-27)24-13-11-22(12-14-24)6-4-3-5-21-7-9-23(20-26)10-8-21/h7-10,22,24-25,27H,2-6,11-19H2,1H3/t22-,24-,25?,27?. The maximum absolute atomic E-state index is 8.87. The third-order valence-corrected chi connectivity index (χ3v) is 11.3. The second-order valence-corrected chi connectivity index (χ2v) is 12.9. The molecule has 1 nitrogen and oxygen atoms in total. The monoisotopic (exact) mass is 381 g/mol. The quantitative estimate of drug-likeness (QED) is 0.347. The second-order valence-electron chi connectivity index (χ2n) is 9.40. The zero-order valence-electron chi connectivity index (χ0n) is 17.5. The van der Waals surface area contributed by atoms with Crippen LogP contribution in [0.25, 0.3) is 0 Å². The van der Waals surface area contributed by atoms with Crippen LogP contribution in [-0.2, 0) is 6.42 Å². The summed E-state index contributed by atoms with van der Waals surface area (Å²) < 4.78 is 0. The molecule has 0 radical (unpaired) electrons. The van der Waals surface area contributed by atoms with Gasteiger partial charge in [0.05, 0.1) is 11.6 Å². The van der Waals surface area contributed by atoms with Crippen LogP contribution in [0.3, 0.4) is 0 Å².